The fraction of sp³-hybridized carbons (Fsp3) is 0.100. The number of aldehydes is 1. The Balaban J connectivity index is 2.81. The van der Waals surface area contributed by atoms with Gasteiger partial charge in [-0.25, -0.2) is 4.79 Å². The van der Waals surface area contributed by atoms with Crippen LogP contribution in [-0.2, 0) is 4.79 Å². The number of carbonyl (C=O) groups excluding carboxylic acids is 3. The maximum atomic E-state index is 11.1. The lowest BCUT2D eigenvalue weighted by molar-refractivity contribution is -0.121. The lowest BCUT2D eigenvalue weighted by Gasteiger charge is -2.10. The van der Waals surface area contributed by atoms with Gasteiger partial charge in [-0.05, 0) is 12.1 Å². The molecule has 3 amide bonds. The van der Waals surface area contributed by atoms with Crippen molar-refractivity contribution in [3.8, 4) is 5.75 Å². The third-order valence-corrected chi connectivity index (χ3v) is 2.27. The zero-order chi connectivity index (χ0) is 13.7. The highest BCUT2D eigenvalue weighted by molar-refractivity contribution is 6.36. The third kappa shape index (κ3) is 3.90. The van der Waals surface area contributed by atoms with Crippen LogP contribution < -0.4 is 15.8 Å². The number of amides is 3. The maximum absolute atomic E-state index is 11.1. The molecule has 0 aromatic heterocycles. The molecule has 3 N–H and O–H groups in total. The summed E-state index contributed by atoms with van der Waals surface area (Å²) in [6.07, 6.45) is 0.485. The highest BCUT2D eigenvalue weighted by atomic mass is 35.5. The fourth-order valence-electron chi connectivity index (χ4n) is 1.13. The number of hydrogen-bond donors (Lipinski definition) is 2. The highest BCUT2D eigenvalue weighted by Gasteiger charge is 2.12. The van der Waals surface area contributed by atoms with Gasteiger partial charge in [0.15, 0.2) is 12.9 Å². The Labute approximate surface area is 112 Å². The number of imide groups is 1. The van der Waals surface area contributed by atoms with Crippen molar-refractivity contribution in [2.24, 2.45) is 5.73 Å². The second-order valence-corrected chi connectivity index (χ2v) is 3.97. The Morgan fingerprint density at radius 1 is 1.39 bits per heavy atom. The van der Waals surface area contributed by atoms with E-state index in [1.54, 1.807) is 5.32 Å². The van der Waals surface area contributed by atoms with Crippen molar-refractivity contribution in [1.29, 1.82) is 0 Å². The Hall–Kier alpha value is -1.79. The summed E-state index contributed by atoms with van der Waals surface area (Å²) < 4.78 is 5.03. The van der Waals surface area contributed by atoms with Crippen molar-refractivity contribution in [3.63, 3.8) is 0 Å². The summed E-state index contributed by atoms with van der Waals surface area (Å²) in [6.45, 7) is -0.509. The molecule has 0 unspecified atom stereocenters. The summed E-state index contributed by atoms with van der Waals surface area (Å²) in [5.74, 6) is -0.749. The molecule has 0 radical (unpaired) electrons. The molecule has 0 aliphatic rings. The molecule has 0 saturated heterocycles. The molecule has 6 nitrogen and oxygen atoms in total. The predicted octanol–water partition coefficient (Wildman–Crippen LogP) is 1.38. The van der Waals surface area contributed by atoms with Crippen molar-refractivity contribution in [2.75, 3.05) is 6.61 Å². The zero-order valence-electron chi connectivity index (χ0n) is 8.91. The van der Waals surface area contributed by atoms with Gasteiger partial charge < -0.3 is 10.5 Å². The SMILES string of the molecule is NC(=O)NC(=O)COc1c(Cl)cc(Cl)cc1C=O. The van der Waals surface area contributed by atoms with Crippen LogP contribution in [0.4, 0.5) is 4.79 Å². The number of carbonyl (C=O) groups is 3. The molecule has 0 saturated carbocycles. The minimum absolute atomic E-state index is 0.00990. The Kier molecular flexibility index (Phi) is 4.94. The van der Waals surface area contributed by atoms with Crippen LogP contribution in [0.15, 0.2) is 12.1 Å². The lowest BCUT2D eigenvalue weighted by atomic mass is 10.2. The molecule has 8 heteroatoms. The molecule has 0 atom stereocenters. The predicted molar refractivity (Wildman–Crippen MR) is 65.1 cm³/mol. The number of ether oxygens (including phenoxy) is 1. The van der Waals surface area contributed by atoms with Crippen molar-refractivity contribution >= 4 is 41.4 Å². The first-order valence-electron chi connectivity index (χ1n) is 4.60. The van der Waals surface area contributed by atoms with Gasteiger partial charge in [-0.3, -0.25) is 14.9 Å². The van der Waals surface area contributed by atoms with Crippen LogP contribution in [0, 0.1) is 0 Å². The molecule has 18 heavy (non-hydrogen) atoms. The van der Waals surface area contributed by atoms with E-state index in [9.17, 15) is 14.4 Å². The molecular weight excluding hydrogens is 283 g/mol. The second-order valence-electron chi connectivity index (χ2n) is 3.12. The summed E-state index contributed by atoms with van der Waals surface area (Å²) >= 11 is 11.5. The highest BCUT2D eigenvalue weighted by Crippen LogP contribution is 2.31. The van der Waals surface area contributed by atoms with Crippen molar-refractivity contribution in [2.45, 2.75) is 0 Å². The van der Waals surface area contributed by atoms with Crippen molar-refractivity contribution in [1.82, 2.24) is 5.32 Å². The van der Waals surface area contributed by atoms with Gasteiger partial charge in [0.2, 0.25) is 0 Å². The summed E-state index contributed by atoms with van der Waals surface area (Å²) in [6, 6.07) is 1.69. The number of rotatable bonds is 4. The zero-order valence-corrected chi connectivity index (χ0v) is 10.4. The molecule has 1 aromatic rings. The van der Waals surface area contributed by atoms with E-state index in [0.717, 1.165) is 0 Å². The molecule has 0 aliphatic heterocycles. The molecule has 1 aromatic carbocycles. The van der Waals surface area contributed by atoms with Gasteiger partial charge in [-0.1, -0.05) is 23.2 Å². The molecule has 1 rings (SSSR count). The van der Waals surface area contributed by atoms with Crippen LogP contribution in [-0.4, -0.2) is 24.8 Å². The quantitative estimate of drug-likeness (QED) is 0.819. The number of primary amides is 1. The largest absolute Gasteiger partial charge is 0.481 e. The maximum Gasteiger partial charge on any atom is 0.318 e. The van der Waals surface area contributed by atoms with Crippen LogP contribution in [0.2, 0.25) is 10.0 Å². The van der Waals surface area contributed by atoms with Gasteiger partial charge in [0.1, 0.15) is 5.75 Å². The van der Waals surface area contributed by atoms with E-state index in [0.29, 0.717) is 6.29 Å². The van der Waals surface area contributed by atoms with E-state index in [1.807, 2.05) is 0 Å². The number of nitrogens with two attached hydrogens (primary N) is 1. The second kappa shape index (κ2) is 6.23. The average molecular weight is 291 g/mol. The third-order valence-electron chi connectivity index (χ3n) is 1.77. The summed E-state index contributed by atoms with van der Waals surface area (Å²) in [4.78, 5) is 32.3. The molecule has 0 heterocycles. The van der Waals surface area contributed by atoms with Crippen molar-refractivity contribution in [3.05, 3.63) is 27.7 Å². The first-order valence-corrected chi connectivity index (χ1v) is 5.36. The normalized spacial score (nSPS) is 9.67. The average Bonchev–Trinajstić information content (AvgIpc) is 2.25. The van der Waals surface area contributed by atoms with Gasteiger partial charge in [0, 0.05) is 5.02 Å². The topological polar surface area (TPSA) is 98.5 Å². The van der Waals surface area contributed by atoms with Gasteiger partial charge >= 0.3 is 6.03 Å². The molecular formula is C10H8Cl2N2O4. The van der Waals surface area contributed by atoms with E-state index in [2.05, 4.69) is 0 Å². The monoisotopic (exact) mass is 290 g/mol. The first-order chi connectivity index (χ1) is 8.43. The summed E-state index contributed by atoms with van der Waals surface area (Å²) in [7, 11) is 0. The van der Waals surface area contributed by atoms with Crippen LogP contribution in [0.3, 0.4) is 0 Å². The smallest absolute Gasteiger partial charge is 0.318 e. The molecule has 0 fully saturated rings. The van der Waals surface area contributed by atoms with E-state index in [1.165, 1.54) is 12.1 Å². The van der Waals surface area contributed by atoms with E-state index >= 15 is 0 Å². The number of benzene rings is 1. The van der Waals surface area contributed by atoms with E-state index in [-0.39, 0.29) is 21.4 Å². The number of nitrogens with one attached hydrogen (secondary N) is 1. The van der Waals surface area contributed by atoms with Gasteiger partial charge in [-0.2, -0.15) is 0 Å². The van der Waals surface area contributed by atoms with Crippen LogP contribution in [0.25, 0.3) is 0 Å². The summed E-state index contributed by atoms with van der Waals surface area (Å²) in [5.41, 5.74) is 4.84. The molecule has 0 spiro atoms. The molecule has 96 valence electrons. The first kappa shape index (κ1) is 14.3. The Bertz CT molecular complexity index is 505. The van der Waals surface area contributed by atoms with Crippen LogP contribution >= 0.6 is 23.2 Å². The van der Waals surface area contributed by atoms with E-state index < -0.39 is 18.5 Å². The van der Waals surface area contributed by atoms with Crippen molar-refractivity contribution < 1.29 is 19.1 Å². The number of urea groups is 1. The fourth-order valence-corrected chi connectivity index (χ4v) is 1.70. The minimum atomic E-state index is -0.999. The van der Waals surface area contributed by atoms with E-state index in [4.69, 9.17) is 33.7 Å². The lowest BCUT2D eigenvalue weighted by Crippen LogP contribution is -2.38. The Morgan fingerprint density at radius 3 is 2.61 bits per heavy atom. The number of halogens is 2. The van der Waals surface area contributed by atoms with Crippen LogP contribution in [0.1, 0.15) is 10.4 Å². The van der Waals surface area contributed by atoms with Crippen LogP contribution in [0.5, 0.6) is 5.75 Å². The number of hydrogen-bond acceptors (Lipinski definition) is 4. The summed E-state index contributed by atoms with van der Waals surface area (Å²) in [5, 5.41) is 2.14. The van der Waals surface area contributed by atoms with Gasteiger partial charge in [0.05, 0.1) is 10.6 Å². The van der Waals surface area contributed by atoms with Gasteiger partial charge in [0.25, 0.3) is 5.91 Å². The molecule has 0 bridgehead atoms. The molecule has 0 aliphatic carbocycles. The van der Waals surface area contributed by atoms with Gasteiger partial charge in [-0.15, -0.1) is 0 Å². The Morgan fingerprint density at radius 2 is 2.06 bits per heavy atom. The minimum Gasteiger partial charge on any atom is -0.481 e. The standard InChI is InChI=1S/C10H8Cl2N2O4/c11-6-1-5(3-15)9(7(12)2-6)18-4-8(16)14-10(13)17/h1-3H,4H2,(H3,13,14,16,17).